The van der Waals surface area contributed by atoms with E-state index in [1.54, 1.807) is 65.0 Å². The number of nitrogens with one attached hydrogen (secondary N) is 3. The second-order valence-electron chi connectivity index (χ2n) is 13.0. The van der Waals surface area contributed by atoms with Gasteiger partial charge in [-0.05, 0) is 53.5 Å². The first kappa shape index (κ1) is 37.2. The first-order valence-corrected chi connectivity index (χ1v) is 17.0. The molecule has 11 nitrogen and oxygen atoms in total. The van der Waals surface area contributed by atoms with Crippen molar-refractivity contribution in [1.29, 1.82) is 0 Å². The number of ketones is 1. The first-order valence-electron chi connectivity index (χ1n) is 15.6. The number of Topliss-reactive ketones (excluding diaryl/α,β-unsaturated/α-hetero) is 1. The van der Waals surface area contributed by atoms with Gasteiger partial charge in [0.15, 0.2) is 17.3 Å². The molecule has 12 heteroatoms. The lowest BCUT2D eigenvalue weighted by Crippen LogP contribution is -2.55. The van der Waals surface area contributed by atoms with Crippen LogP contribution in [0.1, 0.15) is 53.0 Å². The number of hydrogen-bond donors (Lipinski definition) is 5. The SMILES string of the molecule is CC(C)CN(CC(=O)/C(=C\c1ccccc1)NC(=O)[C@@H](NC(=O)CNCC1=CCCC=C1)C(C)(C)C)S(=O)(=O)c1ccc(O)c(O)c1. The highest BCUT2D eigenvalue weighted by molar-refractivity contribution is 7.89. The molecule has 5 N–H and O–H groups in total. The van der Waals surface area contributed by atoms with Gasteiger partial charge in [-0.25, -0.2) is 8.42 Å². The van der Waals surface area contributed by atoms with Crippen LogP contribution < -0.4 is 16.0 Å². The molecule has 2 aromatic rings. The molecular formula is C35H46N4O7S. The smallest absolute Gasteiger partial charge is 0.247 e. The van der Waals surface area contributed by atoms with E-state index in [2.05, 4.69) is 28.1 Å². The summed E-state index contributed by atoms with van der Waals surface area (Å²) in [7, 11) is -4.31. The Morgan fingerprint density at radius 2 is 1.70 bits per heavy atom. The van der Waals surface area contributed by atoms with Crippen molar-refractivity contribution >= 4 is 33.7 Å². The second kappa shape index (κ2) is 16.5. The molecule has 0 aliphatic heterocycles. The van der Waals surface area contributed by atoms with Crippen molar-refractivity contribution in [2.24, 2.45) is 11.3 Å². The van der Waals surface area contributed by atoms with Crippen LogP contribution in [0.25, 0.3) is 6.08 Å². The Kier molecular flexibility index (Phi) is 13.1. The van der Waals surface area contributed by atoms with Gasteiger partial charge in [0.05, 0.1) is 23.7 Å². The topological polar surface area (TPSA) is 165 Å². The summed E-state index contributed by atoms with van der Waals surface area (Å²) in [5, 5.41) is 28.2. The second-order valence-corrected chi connectivity index (χ2v) is 14.9. The fourth-order valence-corrected chi connectivity index (χ4v) is 6.41. The molecule has 1 atom stereocenters. The largest absolute Gasteiger partial charge is 0.504 e. The highest BCUT2D eigenvalue weighted by Gasteiger charge is 2.35. The molecule has 0 fully saturated rings. The maximum atomic E-state index is 13.9. The average molecular weight is 667 g/mol. The molecular weight excluding hydrogens is 620 g/mol. The summed E-state index contributed by atoms with van der Waals surface area (Å²) in [6, 6.07) is 10.8. The molecule has 2 amide bonds. The van der Waals surface area contributed by atoms with Gasteiger partial charge in [0, 0.05) is 19.2 Å². The lowest BCUT2D eigenvalue weighted by molar-refractivity contribution is -0.131. The Bertz CT molecular complexity index is 1620. The van der Waals surface area contributed by atoms with Crippen LogP contribution in [0.2, 0.25) is 0 Å². The average Bonchev–Trinajstić information content (AvgIpc) is 3.00. The minimum Gasteiger partial charge on any atom is -0.504 e. The van der Waals surface area contributed by atoms with E-state index in [1.165, 1.54) is 6.08 Å². The van der Waals surface area contributed by atoms with Gasteiger partial charge in [-0.2, -0.15) is 4.31 Å². The number of allylic oxidation sites excluding steroid dienone is 2. The highest BCUT2D eigenvalue weighted by atomic mass is 32.2. The Hall–Kier alpha value is -4.26. The number of carbonyl (C=O) groups is 3. The van der Waals surface area contributed by atoms with Crippen LogP contribution in [-0.2, 0) is 24.4 Å². The zero-order valence-corrected chi connectivity index (χ0v) is 28.4. The van der Waals surface area contributed by atoms with Crippen LogP contribution in [0.3, 0.4) is 0 Å². The van der Waals surface area contributed by atoms with Gasteiger partial charge < -0.3 is 26.2 Å². The number of sulfonamides is 1. The minimum absolute atomic E-state index is 0.0223. The Labute approximate surface area is 277 Å². The molecule has 0 unspecified atom stereocenters. The number of phenols is 2. The van der Waals surface area contributed by atoms with Crippen molar-refractivity contribution in [3.05, 3.63) is 83.6 Å². The molecule has 0 radical (unpaired) electrons. The number of amides is 2. The molecule has 1 aliphatic carbocycles. The van der Waals surface area contributed by atoms with Crippen LogP contribution in [0, 0.1) is 11.3 Å². The predicted molar refractivity (Wildman–Crippen MR) is 182 cm³/mol. The van der Waals surface area contributed by atoms with E-state index in [0.29, 0.717) is 12.1 Å². The summed E-state index contributed by atoms with van der Waals surface area (Å²) in [5.41, 5.74) is 0.767. The van der Waals surface area contributed by atoms with Gasteiger partial charge in [0.1, 0.15) is 6.04 Å². The lowest BCUT2D eigenvalue weighted by Gasteiger charge is -2.31. The molecule has 47 heavy (non-hydrogen) atoms. The van der Waals surface area contributed by atoms with E-state index in [0.717, 1.165) is 40.9 Å². The normalized spacial score (nSPS) is 14.5. The van der Waals surface area contributed by atoms with Crippen LogP contribution in [0.5, 0.6) is 11.5 Å². The Balaban J connectivity index is 1.86. The lowest BCUT2D eigenvalue weighted by atomic mass is 9.86. The third-order valence-electron chi connectivity index (χ3n) is 7.26. The summed E-state index contributed by atoms with van der Waals surface area (Å²) in [6.07, 6.45) is 9.60. The van der Waals surface area contributed by atoms with Gasteiger partial charge in [-0.1, -0.05) is 83.2 Å². The summed E-state index contributed by atoms with van der Waals surface area (Å²) < 4.78 is 28.2. The number of nitrogens with zero attached hydrogens (tertiary/aromatic N) is 1. The number of carbonyl (C=O) groups excluding carboxylic acids is 3. The standard InChI is InChI=1S/C35H46N4O7S/c1-24(2)22-39(47(45,46)27-16-17-29(40)30(41)19-27)23-31(42)28(18-25-12-8-6-9-13-25)37-34(44)33(35(3,4)5)38-32(43)21-36-20-26-14-10-7-11-15-26/h6,8-10,12-19,24,33,36,40-41H,7,11,20-23H2,1-5H3,(H,37,44)(H,38,43)/b28-18+/t33-/m1/s1. The number of benzene rings is 2. The monoisotopic (exact) mass is 666 g/mol. The highest BCUT2D eigenvalue weighted by Crippen LogP contribution is 2.29. The molecule has 0 heterocycles. The number of rotatable bonds is 15. The van der Waals surface area contributed by atoms with Crippen molar-refractivity contribution in [3.63, 3.8) is 0 Å². The fraction of sp³-hybridized carbons (Fsp3) is 0.400. The zero-order chi connectivity index (χ0) is 34.8. The molecule has 0 saturated heterocycles. The van der Waals surface area contributed by atoms with Gasteiger partial charge in [-0.15, -0.1) is 0 Å². The Morgan fingerprint density at radius 1 is 1.00 bits per heavy atom. The van der Waals surface area contributed by atoms with E-state index >= 15 is 0 Å². The van der Waals surface area contributed by atoms with Crippen LogP contribution >= 0.6 is 0 Å². The van der Waals surface area contributed by atoms with Crippen LogP contribution in [-0.4, -0.2) is 72.8 Å². The molecule has 2 aromatic carbocycles. The Morgan fingerprint density at radius 3 is 2.30 bits per heavy atom. The van der Waals surface area contributed by atoms with Gasteiger partial charge in [-0.3, -0.25) is 14.4 Å². The van der Waals surface area contributed by atoms with Gasteiger partial charge in [0.2, 0.25) is 21.8 Å². The van der Waals surface area contributed by atoms with Gasteiger partial charge >= 0.3 is 0 Å². The quantitative estimate of drug-likeness (QED) is 0.141. The summed E-state index contributed by atoms with van der Waals surface area (Å²) in [6.45, 7) is 8.76. The van der Waals surface area contributed by atoms with Crippen molar-refractivity contribution in [1.82, 2.24) is 20.3 Å². The number of phenolic OH excluding ortho intramolecular Hbond substituents is 2. The van der Waals surface area contributed by atoms with Crippen molar-refractivity contribution in [2.45, 2.75) is 58.4 Å². The number of aromatic hydroxyl groups is 2. The van der Waals surface area contributed by atoms with E-state index in [4.69, 9.17) is 0 Å². The maximum absolute atomic E-state index is 13.9. The zero-order valence-electron chi connectivity index (χ0n) is 27.6. The molecule has 254 valence electrons. The van der Waals surface area contributed by atoms with Crippen molar-refractivity contribution in [2.75, 3.05) is 26.2 Å². The van der Waals surface area contributed by atoms with E-state index in [9.17, 15) is 33.0 Å². The van der Waals surface area contributed by atoms with Crippen LogP contribution in [0.15, 0.2) is 82.9 Å². The summed E-state index contributed by atoms with van der Waals surface area (Å²) in [5.74, 6) is -3.01. The minimum atomic E-state index is -4.31. The van der Waals surface area contributed by atoms with Gasteiger partial charge in [0.25, 0.3) is 0 Å². The van der Waals surface area contributed by atoms with E-state index in [-0.39, 0.29) is 29.6 Å². The molecule has 0 saturated carbocycles. The molecule has 0 bridgehead atoms. The fourth-order valence-electron chi connectivity index (χ4n) is 4.83. The summed E-state index contributed by atoms with van der Waals surface area (Å²) in [4.78, 5) is 40.2. The molecule has 0 spiro atoms. The van der Waals surface area contributed by atoms with E-state index in [1.807, 2.05) is 6.08 Å². The predicted octanol–water partition coefficient (Wildman–Crippen LogP) is 3.87. The third-order valence-corrected chi connectivity index (χ3v) is 9.07. The maximum Gasteiger partial charge on any atom is 0.247 e. The van der Waals surface area contributed by atoms with E-state index < -0.39 is 57.1 Å². The third kappa shape index (κ3) is 11.2. The van der Waals surface area contributed by atoms with Crippen molar-refractivity contribution < 1.29 is 33.0 Å². The van der Waals surface area contributed by atoms with Crippen molar-refractivity contribution in [3.8, 4) is 11.5 Å². The molecule has 0 aromatic heterocycles. The molecule has 1 aliphatic rings. The molecule has 3 rings (SSSR count). The van der Waals surface area contributed by atoms with Crippen LogP contribution in [0.4, 0.5) is 0 Å². The summed E-state index contributed by atoms with van der Waals surface area (Å²) >= 11 is 0. The number of hydrogen-bond acceptors (Lipinski definition) is 8. The first-order chi connectivity index (χ1) is 22.1.